The minimum Gasteiger partial charge on any atom is -0.482 e. The van der Waals surface area contributed by atoms with Crippen LogP contribution < -0.4 is 15.4 Å². The van der Waals surface area contributed by atoms with Crippen LogP contribution in [0.15, 0.2) is 18.3 Å². The van der Waals surface area contributed by atoms with Crippen molar-refractivity contribution in [1.29, 1.82) is 0 Å². The molecule has 3 N–H and O–H groups in total. The number of rotatable bonds is 6. The largest absolute Gasteiger partial charge is 0.482 e. The number of amides is 2. The monoisotopic (exact) mass is 373 g/mol. The van der Waals surface area contributed by atoms with Gasteiger partial charge in [0.1, 0.15) is 5.75 Å². The van der Waals surface area contributed by atoms with Crippen LogP contribution in [0.25, 0.3) is 0 Å². The first kappa shape index (κ1) is 18.2. The molecule has 5 rings (SSSR count). The van der Waals surface area contributed by atoms with Crippen LogP contribution in [0.5, 0.6) is 5.75 Å². The number of carbonyl (C=O) groups is 2. The van der Waals surface area contributed by atoms with E-state index in [1.807, 2.05) is 12.1 Å². The quantitative estimate of drug-likeness (QED) is 0.700. The molecule has 0 aliphatic heterocycles. The van der Waals surface area contributed by atoms with Crippen LogP contribution in [-0.4, -0.2) is 45.7 Å². The van der Waals surface area contributed by atoms with Gasteiger partial charge in [-0.05, 0) is 57.1 Å². The second-order valence-corrected chi connectivity index (χ2v) is 8.37. The molecular formula is C20H27N3O4. The van der Waals surface area contributed by atoms with E-state index in [1.54, 1.807) is 6.20 Å². The molecule has 4 fully saturated rings. The average Bonchev–Trinajstić information content (AvgIpc) is 3.46. The third-order valence-electron chi connectivity index (χ3n) is 6.28. The van der Waals surface area contributed by atoms with Gasteiger partial charge in [0.05, 0.1) is 17.8 Å². The van der Waals surface area contributed by atoms with Gasteiger partial charge in [-0.2, -0.15) is 0 Å². The van der Waals surface area contributed by atoms with Crippen molar-refractivity contribution in [3.63, 3.8) is 0 Å². The Morgan fingerprint density at radius 1 is 1.22 bits per heavy atom. The van der Waals surface area contributed by atoms with Gasteiger partial charge in [-0.3, -0.25) is 14.6 Å². The van der Waals surface area contributed by atoms with Gasteiger partial charge >= 0.3 is 0 Å². The van der Waals surface area contributed by atoms with E-state index >= 15 is 0 Å². The smallest absolute Gasteiger partial charge is 0.258 e. The minimum absolute atomic E-state index is 0.0738. The lowest BCUT2D eigenvalue weighted by atomic mass is 9.60. The van der Waals surface area contributed by atoms with Crippen molar-refractivity contribution < 1.29 is 19.4 Å². The number of aliphatic hydroxyl groups excluding tert-OH is 1. The molecule has 0 aromatic carbocycles. The van der Waals surface area contributed by atoms with Gasteiger partial charge in [0.25, 0.3) is 5.91 Å². The van der Waals surface area contributed by atoms with Crippen molar-refractivity contribution in [2.45, 2.75) is 75.0 Å². The molecule has 146 valence electrons. The first-order valence-electron chi connectivity index (χ1n) is 9.76. The normalized spacial score (nSPS) is 32.0. The molecule has 1 aromatic rings. The minimum atomic E-state index is -0.671. The maximum atomic E-state index is 12.4. The van der Waals surface area contributed by atoms with Gasteiger partial charge in [0.2, 0.25) is 5.91 Å². The average molecular weight is 373 g/mol. The van der Waals surface area contributed by atoms with Crippen LogP contribution in [0, 0.1) is 0 Å². The molecule has 4 aliphatic rings. The molecule has 1 aromatic heterocycles. The molecule has 1 heterocycles. The molecule has 27 heavy (non-hydrogen) atoms. The van der Waals surface area contributed by atoms with Crippen molar-refractivity contribution in [2.24, 2.45) is 0 Å². The summed E-state index contributed by atoms with van der Waals surface area (Å²) in [7, 11) is 0. The lowest BCUT2D eigenvalue weighted by Gasteiger charge is -2.56. The van der Waals surface area contributed by atoms with Crippen LogP contribution in [0.4, 0.5) is 0 Å². The van der Waals surface area contributed by atoms with Gasteiger partial charge in [-0.25, -0.2) is 0 Å². The van der Waals surface area contributed by atoms with E-state index in [2.05, 4.69) is 15.6 Å². The van der Waals surface area contributed by atoms with E-state index in [0.29, 0.717) is 30.9 Å². The Labute approximate surface area is 158 Å². The van der Waals surface area contributed by atoms with Crippen LogP contribution in [0.2, 0.25) is 0 Å². The Kier molecular flexibility index (Phi) is 4.58. The highest BCUT2D eigenvalue weighted by Crippen LogP contribution is 2.47. The Balaban J connectivity index is 1.31. The highest BCUT2D eigenvalue weighted by molar-refractivity contribution is 5.78. The highest BCUT2D eigenvalue weighted by atomic mass is 16.5. The van der Waals surface area contributed by atoms with Gasteiger partial charge in [0.15, 0.2) is 6.61 Å². The molecule has 7 heteroatoms. The number of fused-ring (bicyclic) bond motifs is 3. The molecule has 4 saturated carbocycles. The fourth-order valence-corrected chi connectivity index (χ4v) is 4.60. The third kappa shape index (κ3) is 3.78. The molecule has 7 nitrogen and oxygen atoms in total. The number of aliphatic hydroxyl groups is 1. The summed E-state index contributed by atoms with van der Waals surface area (Å²) in [4.78, 5) is 28.3. The number of ether oxygens (including phenoxy) is 1. The predicted octanol–water partition coefficient (Wildman–Crippen LogP) is 1.41. The zero-order valence-electron chi connectivity index (χ0n) is 15.7. The zero-order valence-corrected chi connectivity index (χ0v) is 15.7. The highest BCUT2D eigenvalue weighted by Gasteiger charge is 2.55. The first-order valence-corrected chi connectivity index (χ1v) is 9.76. The first-order chi connectivity index (χ1) is 12.9. The molecule has 1 atom stereocenters. The van der Waals surface area contributed by atoms with Crippen molar-refractivity contribution in [1.82, 2.24) is 15.6 Å². The van der Waals surface area contributed by atoms with Crippen molar-refractivity contribution in [3.05, 3.63) is 24.0 Å². The van der Waals surface area contributed by atoms with E-state index in [4.69, 9.17) is 4.74 Å². The van der Waals surface area contributed by atoms with E-state index in [1.165, 1.54) is 19.8 Å². The Morgan fingerprint density at radius 3 is 2.52 bits per heavy atom. The van der Waals surface area contributed by atoms with Gasteiger partial charge < -0.3 is 20.5 Å². The fraction of sp³-hybridized carbons (Fsp3) is 0.650. The summed E-state index contributed by atoms with van der Waals surface area (Å²) < 4.78 is 5.56. The third-order valence-corrected chi connectivity index (χ3v) is 6.28. The van der Waals surface area contributed by atoms with Crippen LogP contribution in [0.1, 0.15) is 63.5 Å². The Bertz CT molecular complexity index is 721. The molecule has 0 radical (unpaired) electrons. The van der Waals surface area contributed by atoms with Gasteiger partial charge in [-0.1, -0.05) is 0 Å². The van der Waals surface area contributed by atoms with E-state index in [9.17, 15) is 14.7 Å². The number of hydrogen-bond acceptors (Lipinski definition) is 5. The number of pyridine rings is 1. The molecule has 0 spiro atoms. The van der Waals surface area contributed by atoms with Crippen LogP contribution >= 0.6 is 0 Å². The zero-order chi connectivity index (χ0) is 19.1. The summed E-state index contributed by atoms with van der Waals surface area (Å²) in [6.45, 7) is 1.40. The second-order valence-electron chi connectivity index (χ2n) is 8.37. The van der Waals surface area contributed by atoms with Crippen LogP contribution in [0.3, 0.4) is 0 Å². The second kappa shape index (κ2) is 6.78. The standard InChI is InChI=1S/C20H27N3O4/c1-13(24)22-19-6-8-20(9-7-19,17(25)10-19)23-18(26)12-27-15-4-5-16(21-11-15)14-2-3-14/h4-5,11,14,17,25H,2-3,6-10,12H2,1H3,(H,22,24)(H,23,26). The van der Waals surface area contributed by atoms with Crippen LogP contribution in [-0.2, 0) is 9.59 Å². The number of nitrogens with one attached hydrogen (secondary N) is 2. The lowest BCUT2D eigenvalue weighted by Crippen LogP contribution is -2.70. The van der Waals surface area contributed by atoms with E-state index in [-0.39, 0.29) is 24.0 Å². The molecule has 1 unspecified atom stereocenters. The molecular weight excluding hydrogens is 346 g/mol. The summed E-state index contributed by atoms with van der Waals surface area (Å²) in [6.07, 6.45) is 6.68. The number of carbonyl (C=O) groups excluding carboxylic acids is 2. The fourth-order valence-electron chi connectivity index (χ4n) is 4.60. The predicted molar refractivity (Wildman–Crippen MR) is 98.2 cm³/mol. The summed E-state index contributed by atoms with van der Waals surface area (Å²) in [5.74, 6) is 0.847. The Hall–Kier alpha value is -2.15. The summed E-state index contributed by atoms with van der Waals surface area (Å²) >= 11 is 0. The number of hydrogen-bond donors (Lipinski definition) is 3. The molecule has 0 saturated heterocycles. The molecule has 2 bridgehead atoms. The topological polar surface area (TPSA) is 101 Å². The summed E-state index contributed by atoms with van der Waals surface area (Å²) in [6, 6.07) is 3.81. The van der Waals surface area contributed by atoms with Gasteiger partial charge in [-0.15, -0.1) is 0 Å². The van der Waals surface area contributed by atoms with Crippen molar-refractivity contribution >= 4 is 11.8 Å². The van der Waals surface area contributed by atoms with Crippen molar-refractivity contribution in [3.8, 4) is 5.75 Å². The Morgan fingerprint density at radius 2 is 1.96 bits per heavy atom. The van der Waals surface area contributed by atoms with E-state index < -0.39 is 11.6 Å². The molecule has 2 amide bonds. The number of nitrogens with zero attached hydrogens (tertiary/aromatic N) is 1. The molecule has 4 aliphatic carbocycles. The van der Waals surface area contributed by atoms with Gasteiger partial charge in [0, 0.05) is 24.1 Å². The van der Waals surface area contributed by atoms with Crippen molar-refractivity contribution in [2.75, 3.05) is 6.61 Å². The summed E-state index contributed by atoms with van der Waals surface area (Å²) in [5.41, 5.74) is 0.138. The SMILES string of the molecule is CC(=O)NC12CCC(NC(=O)COc3ccc(C4CC4)nc3)(CC1)C(O)C2. The number of aromatic nitrogens is 1. The maximum absolute atomic E-state index is 12.4. The lowest BCUT2D eigenvalue weighted by molar-refractivity contribution is -0.135. The summed E-state index contributed by atoms with van der Waals surface area (Å²) in [5, 5.41) is 16.6. The maximum Gasteiger partial charge on any atom is 0.258 e. The van der Waals surface area contributed by atoms with E-state index in [0.717, 1.165) is 18.5 Å².